The second-order valence-electron chi connectivity index (χ2n) is 6.06. The zero-order valence-corrected chi connectivity index (χ0v) is 10.1. The molecular formula is C12H24N4. The summed E-state index contributed by atoms with van der Waals surface area (Å²) in [6.07, 6.45) is 2.78. The van der Waals surface area contributed by atoms with Gasteiger partial charge in [0.2, 0.25) is 0 Å². The van der Waals surface area contributed by atoms with Crippen molar-refractivity contribution in [2.45, 2.75) is 12.8 Å². The van der Waals surface area contributed by atoms with Gasteiger partial charge in [-0.25, -0.2) is 0 Å². The van der Waals surface area contributed by atoms with Crippen molar-refractivity contribution in [2.24, 2.45) is 10.8 Å². The maximum Gasteiger partial charge on any atom is 0.0202 e. The molecule has 4 nitrogen and oxygen atoms in total. The van der Waals surface area contributed by atoms with Gasteiger partial charge in [-0.05, 0) is 31.3 Å². The average molecular weight is 224 g/mol. The summed E-state index contributed by atoms with van der Waals surface area (Å²) in [5.74, 6) is 0. The summed E-state index contributed by atoms with van der Waals surface area (Å²) >= 11 is 0. The van der Waals surface area contributed by atoms with E-state index >= 15 is 0 Å². The summed E-state index contributed by atoms with van der Waals surface area (Å²) < 4.78 is 0. The van der Waals surface area contributed by atoms with Crippen LogP contribution < -0.4 is 21.3 Å². The minimum Gasteiger partial charge on any atom is -0.317 e. The summed E-state index contributed by atoms with van der Waals surface area (Å²) in [6, 6.07) is 0. The van der Waals surface area contributed by atoms with Crippen molar-refractivity contribution in [1.82, 2.24) is 21.3 Å². The molecular weight excluding hydrogens is 200 g/mol. The molecule has 16 heavy (non-hydrogen) atoms. The molecule has 0 unspecified atom stereocenters. The van der Waals surface area contributed by atoms with Gasteiger partial charge in [0.05, 0.1) is 0 Å². The molecule has 4 N–H and O–H groups in total. The molecule has 4 fully saturated rings. The molecule has 0 saturated carbocycles. The summed E-state index contributed by atoms with van der Waals surface area (Å²) in [6.45, 7) is 10.0. The lowest BCUT2D eigenvalue weighted by Crippen LogP contribution is -2.69. The van der Waals surface area contributed by atoms with E-state index < -0.39 is 0 Å². The van der Waals surface area contributed by atoms with Crippen LogP contribution in [0.3, 0.4) is 0 Å². The fraction of sp³-hybridized carbons (Fsp3) is 1.00. The van der Waals surface area contributed by atoms with Crippen molar-refractivity contribution in [1.29, 1.82) is 0 Å². The third-order valence-electron chi connectivity index (χ3n) is 4.66. The van der Waals surface area contributed by atoms with Crippen LogP contribution in [0.15, 0.2) is 0 Å². The first kappa shape index (κ1) is 11.0. The Kier molecular flexibility index (Phi) is 2.92. The molecule has 0 aliphatic carbocycles. The Morgan fingerprint density at radius 3 is 1.12 bits per heavy atom. The quantitative estimate of drug-likeness (QED) is 0.432. The Balaban J connectivity index is 0.000000104. The van der Waals surface area contributed by atoms with Crippen LogP contribution in [0.25, 0.3) is 0 Å². The fourth-order valence-electron chi connectivity index (χ4n) is 3.00. The van der Waals surface area contributed by atoms with Gasteiger partial charge in [0.25, 0.3) is 0 Å². The van der Waals surface area contributed by atoms with E-state index in [-0.39, 0.29) is 0 Å². The van der Waals surface area contributed by atoms with Gasteiger partial charge in [-0.15, -0.1) is 0 Å². The van der Waals surface area contributed by atoms with Gasteiger partial charge >= 0.3 is 0 Å². The first-order chi connectivity index (χ1) is 7.83. The summed E-state index contributed by atoms with van der Waals surface area (Å²) in [5, 5.41) is 13.3. The molecule has 4 heteroatoms. The van der Waals surface area contributed by atoms with Crippen LogP contribution in [0.5, 0.6) is 0 Å². The molecule has 4 saturated heterocycles. The Morgan fingerprint density at radius 2 is 0.938 bits per heavy atom. The second kappa shape index (κ2) is 4.26. The Morgan fingerprint density at radius 1 is 0.500 bits per heavy atom. The number of hydrogen-bond donors (Lipinski definition) is 4. The van der Waals surface area contributed by atoms with Gasteiger partial charge < -0.3 is 21.3 Å². The van der Waals surface area contributed by atoms with Crippen LogP contribution in [0, 0.1) is 10.8 Å². The Hall–Kier alpha value is -0.160. The van der Waals surface area contributed by atoms with Crippen molar-refractivity contribution < 1.29 is 0 Å². The average Bonchev–Trinajstić information content (AvgIpc) is 2.13. The van der Waals surface area contributed by atoms with Crippen LogP contribution in [0.2, 0.25) is 0 Å². The topological polar surface area (TPSA) is 48.1 Å². The molecule has 4 aliphatic heterocycles. The minimum atomic E-state index is 0.722. The summed E-state index contributed by atoms with van der Waals surface area (Å²) in [7, 11) is 0. The summed E-state index contributed by atoms with van der Waals surface area (Å²) in [5.41, 5.74) is 1.45. The highest BCUT2D eigenvalue weighted by Crippen LogP contribution is 2.32. The lowest BCUT2D eigenvalue weighted by Gasteiger charge is -2.50. The highest BCUT2D eigenvalue weighted by atomic mass is 15.1. The standard InChI is InChI=1S/C7H14N2.C5H10N2/c1-3-8-4-2-7(1)5-9-6-7;1-5(2-6-1)3-7-4-5/h8-9H,1-6H2;6-7H,1-4H2. The smallest absolute Gasteiger partial charge is 0.0202 e. The molecule has 4 aliphatic rings. The van der Waals surface area contributed by atoms with Gasteiger partial charge in [0, 0.05) is 44.7 Å². The zero-order valence-electron chi connectivity index (χ0n) is 10.1. The van der Waals surface area contributed by atoms with E-state index in [9.17, 15) is 0 Å². The van der Waals surface area contributed by atoms with Crippen LogP contribution in [-0.2, 0) is 0 Å². The van der Waals surface area contributed by atoms with Gasteiger partial charge in [-0.3, -0.25) is 0 Å². The Bertz CT molecular complexity index is 218. The maximum absolute atomic E-state index is 3.38. The van der Waals surface area contributed by atoms with Crippen molar-refractivity contribution in [3.8, 4) is 0 Å². The van der Waals surface area contributed by atoms with E-state index in [0.29, 0.717) is 0 Å². The van der Waals surface area contributed by atoms with E-state index in [4.69, 9.17) is 0 Å². The SMILES string of the molecule is C1CC2(CCN1)CNC2.C1NCC12CNC2. The van der Waals surface area contributed by atoms with E-state index in [0.717, 1.165) is 10.8 Å². The number of hydrogen-bond acceptors (Lipinski definition) is 4. The minimum absolute atomic E-state index is 0.722. The van der Waals surface area contributed by atoms with E-state index in [2.05, 4.69) is 21.3 Å². The molecule has 4 rings (SSSR count). The molecule has 92 valence electrons. The molecule has 0 atom stereocenters. The van der Waals surface area contributed by atoms with Crippen LogP contribution in [-0.4, -0.2) is 52.4 Å². The molecule has 0 aromatic heterocycles. The van der Waals surface area contributed by atoms with Crippen molar-refractivity contribution in [3.05, 3.63) is 0 Å². The van der Waals surface area contributed by atoms with Crippen molar-refractivity contribution in [2.75, 3.05) is 52.4 Å². The van der Waals surface area contributed by atoms with E-state index in [1.165, 1.54) is 65.2 Å². The second-order valence-corrected chi connectivity index (χ2v) is 6.06. The van der Waals surface area contributed by atoms with Crippen molar-refractivity contribution in [3.63, 3.8) is 0 Å². The molecule has 0 aromatic carbocycles. The van der Waals surface area contributed by atoms with Gasteiger partial charge in [-0.1, -0.05) is 0 Å². The van der Waals surface area contributed by atoms with E-state index in [1.807, 2.05) is 0 Å². The molecule has 0 amide bonds. The molecule has 0 radical (unpaired) electrons. The number of rotatable bonds is 0. The van der Waals surface area contributed by atoms with E-state index in [1.54, 1.807) is 0 Å². The lowest BCUT2D eigenvalue weighted by atomic mass is 9.74. The normalized spacial score (nSPS) is 33.0. The number of nitrogens with one attached hydrogen (secondary N) is 4. The first-order valence-corrected chi connectivity index (χ1v) is 6.66. The van der Waals surface area contributed by atoms with Crippen LogP contribution in [0.1, 0.15) is 12.8 Å². The Labute approximate surface area is 97.9 Å². The van der Waals surface area contributed by atoms with Gasteiger partial charge in [0.15, 0.2) is 0 Å². The predicted octanol–water partition coefficient (Wildman–Crippen LogP) is -0.861. The molecule has 2 spiro atoms. The van der Waals surface area contributed by atoms with Gasteiger partial charge in [-0.2, -0.15) is 0 Å². The highest BCUT2D eigenvalue weighted by molar-refractivity contribution is 5.01. The molecule has 4 heterocycles. The zero-order chi connectivity index (χ0) is 10.9. The largest absolute Gasteiger partial charge is 0.317 e. The molecule has 0 aromatic rings. The predicted molar refractivity (Wildman–Crippen MR) is 65.6 cm³/mol. The fourth-order valence-corrected chi connectivity index (χ4v) is 3.00. The third-order valence-corrected chi connectivity index (χ3v) is 4.66. The van der Waals surface area contributed by atoms with Crippen LogP contribution >= 0.6 is 0 Å². The maximum atomic E-state index is 3.38. The number of piperidine rings is 1. The lowest BCUT2D eigenvalue weighted by molar-refractivity contribution is 0.0895. The third kappa shape index (κ3) is 1.99. The van der Waals surface area contributed by atoms with Gasteiger partial charge in [0.1, 0.15) is 0 Å². The summed E-state index contributed by atoms with van der Waals surface area (Å²) in [4.78, 5) is 0. The molecule has 0 bridgehead atoms. The monoisotopic (exact) mass is 224 g/mol. The first-order valence-electron chi connectivity index (χ1n) is 6.66. The van der Waals surface area contributed by atoms with Crippen LogP contribution in [0.4, 0.5) is 0 Å². The van der Waals surface area contributed by atoms with Crippen molar-refractivity contribution >= 4 is 0 Å². The highest BCUT2D eigenvalue weighted by Gasteiger charge is 2.42.